The van der Waals surface area contributed by atoms with Gasteiger partial charge in [-0.2, -0.15) is 0 Å². The molecule has 7 heteroatoms. The Balaban J connectivity index is 1.58. The van der Waals surface area contributed by atoms with Gasteiger partial charge in [0, 0.05) is 50.9 Å². The van der Waals surface area contributed by atoms with Gasteiger partial charge in [-0.05, 0) is 19.4 Å². The number of fused-ring (bicyclic) bond motifs is 1. The second kappa shape index (κ2) is 6.38. The molecule has 2 amide bonds. The summed E-state index contributed by atoms with van der Waals surface area (Å²) in [5.74, 6) is 1.88. The van der Waals surface area contributed by atoms with Crippen LogP contribution in [-0.4, -0.2) is 50.8 Å². The van der Waals surface area contributed by atoms with E-state index < -0.39 is 0 Å². The number of amides is 2. The fourth-order valence-electron chi connectivity index (χ4n) is 3.80. The molecule has 0 aliphatic carbocycles. The minimum Gasteiger partial charge on any atom is -0.469 e. The molecule has 132 valence electrons. The summed E-state index contributed by atoms with van der Waals surface area (Å²) >= 11 is 0. The SMILES string of the molecule is Cc1occc1C(=O)N1Cc2nccn2C[C@H](CN2CCCC2=O)C1. The molecule has 0 unspecified atom stereocenters. The van der Waals surface area contributed by atoms with Crippen LogP contribution in [0.1, 0.15) is 34.8 Å². The van der Waals surface area contributed by atoms with E-state index in [1.807, 2.05) is 16.0 Å². The molecule has 0 saturated carbocycles. The summed E-state index contributed by atoms with van der Waals surface area (Å²) in [4.78, 5) is 33.1. The number of likely N-dealkylation sites (tertiary alicyclic amines) is 1. The van der Waals surface area contributed by atoms with Gasteiger partial charge in [0.1, 0.15) is 11.6 Å². The van der Waals surface area contributed by atoms with Gasteiger partial charge >= 0.3 is 0 Å². The minimum absolute atomic E-state index is 0.0413. The molecule has 2 aromatic heterocycles. The molecule has 0 N–H and O–H groups in total. The van der Waals surface area contributed by atoms with Gasteiger partial charge in [-0.15, -0.1) is 0 Å². The highest BCUT2D eigenvalue weighted by Crippen LogP contribution is 2.22. The molecule has 0 bridgehead atoms. The normalized spacial score (nSPS) is 20.7. The molecule has 1 fully saturated rings. The maximum atomic E-state index is 13.0. The van der Waals surface area contributed by atoms with E-state index in [1.54, 1.807) is 25.5 Å². The summed E-state index contributed by atoms with van der Waals surface area (Å²) in [6.07, 6.45) is 6.83. The second-order valence-electron chi connectivity index (χ2n) is 6.88. The van der Waals surface area contributed by atoms with Crippen molar-refractivity contribution in [2.24, 2.45) is 5.92 Å². The number of carbonyl (C=O) groups is 2. The minimum atomic E-state index is -0.0413. The van der Waals surface area contributed by atoms with Gasteiger partial charge in [0.2, 0.25) is 5.91 Å². The fraction of sp³-hybridized carbons (Fsp3) is 0.500. The van der Waals surface area contributed by atoms with Crippen molar-refractivity contribution in [1.82, 2.24) is 19.4 Å². The summed E-state index contributed by atoms with van der Waals surface area (Å²) < 4.78 is 7.39. The Bertz CT molecular complexity index is 794. The molecule has 2 aliphatic rings. The van der Waals surface area contributed by atoms with E-state index in [9.17, 15) is 9.59 Å². The van der Waals surface area contributed by atoms with Crippen LogP contribution in [0, 0.1) is 12.8 Å². The summed E-state index contributed by atoms with van der Waals surface area (Å²) in [6, 6.07) is 1.72. The van der Waals surface area contributed by atoms with Crippen molar-refractivity contribution in [3.8, 4) is 0 Å². The van der Waals surface area contributed by atoms with E-state index in [0.717, 1.165) is 25.3 Å². The van der Waals surface area contributed by atoms with Gasteiger partial charge in [-0.25, -0.2) is 4.98 Å². The smallest absolute Gasteiger partial charge is 0.257 e. The lowest BCUT2D eigenvalue weighted by atomic mass is 10.1. The molecule has 25 heavy (non-hydrogen) atoms. The summed E-state index contributed by atoms with van der Waals surface area (Å²) in [7, 11) is 0. The Morgan fingerprint density at radius 2 is 2.28 bits per heavy atom. The average Bonchev–Trinajstić information content (AvgIpc) is 3.28. The second-order valence-corrected chi connectivity index (χ2v) is 6.88. The Kier molecular flexibility index (Phi) is 4.07. The van der Waals surface area contributed by atoms with Crippen molar-refractivity contribution in [3.63, 3.8) is 0 Å². The first kappa shape index (κ1) is 15.9. The summed E-state index contributed by atoms with van der Waals surface area (Å²) in [6.45, 7) is 5.16. The number of carbonyl (C=O) groups excluding carboxylic acids is 2. The monoisotopic (exact) mass is 342 g/mol. The highest BCUT2D eigenvalue weighted by Gasteiger charge is 2.30. The number of imidazole rings is 1. The molecule has 2 aliphatic heterocycles. The molecule has 2 aromatic rings. The van der Waals surface area contributed by atoms with Crippen molar-refractivity contribution in [1.29, 1.82) is 0 Å². The fourth-order valence-corrected chi connectivity index (χ4v) is 3.80. The van der Waals surface area contributed by atoms with Crippen LogP contribution in [0.4, 0.5) is 0 Å². The lowest BCUT2D eigenvalue weighted by molar-refractivity contribution is -0.128. The molecule has 7 nitrogen and oxygen atoms in total. The number of aromatic nitrogens is 2. The third-order valence-electron chi connectivity index (χ3n) is 5.09. The van der Waals surface area contributed by atoms with Gasteiger partial charge in [-0.1, -0.05) is 0 Å². The van der Waals surface area contributed by atoms with Crippen LogP contribution in [0.3, 0.4) is 0 Å². The largest absolute Gasteiger partial charge is 0.469 e. The zero-order valence-electron chi connectivity index (χ0n) is 14.4. The van der Waals surface area contributed by atoms with Crippen LogP contribution >= 0.6 is 0 Å². The van der Waals surface area contributed by atoms with Crippen LogP contribution in [-0.2, 0) is 17.9 Å². The molecule has 4 rings (SSSR count). The Labute approximate surface area is 146 Å². The van der Waals surface area contributed by atoms with Gasteiger partial charge in [0.05, 0.1) is 18.4 Å². The van der Waals surface area contributed by atoms with Gasteiger partial charge in [-0.3, -0.25) is 9.59 Å². The molecule has 4 heterocycles. The average molecular weight is 342 g/mol. The highest BCUT2D eigenvalue weighted by molar-refractivity contribution is 5.95. The number of aryl methyl sites for hydroxylation is 1. The van der Waals surface area contributed by atoms with Crippen molar-refractivity contribution < 1.29 is 14.0 Å². The van der Waals surface area contributed by atoms with Gasteiger partial charge < -0.3 is 18.8 Å². The molecule has 0 radical (unpaired) electrons. The van der Waals surface area contributed by atoms with E-state index >= 15 is 0 Å². The lowest BCUT2D eigenvalue weighted by Gasteiger charge is -2.27. The number of hydrogen-bond acceptors (Lipinski definition) is 4. The Hall–Kier alpha value is -2.57. The molecule has 0 aromatic carbocycles. The standard InChI is InChI=1S/C18H22N4O3/c1-13-15(4-8-25-13)18(24)22-11-14(10-21-6-2-3-17(21)23)9-20-7-5-19-16(20)12-22/h4-5,7-8,14H,2-3,6,9-12H2,1H3/t14-/m1/s1. The topological polar surface area (TPSA) is 71.6 Å². The van der Waals surface area contributed by atoms with Crippen LogP contribution in [0.5, 0.6) is 0 Å². The zero-order valence-corrected chi connectivity index (χ0v) is 14.4. The molecular weight excluding hydrogens is 320 g/mol. The van der Waals surface area contributed by atoms with Crippen molar-refractivity contribution in [2.45, 2.75) is 32.9 Å². The molecule has 1 saturated heterocycles. The molecule has 1 atom stereocenters. The van der Waals surface area contributed by atoms with Crippen LogP contribution in [0.15, 0.2) is 29.1 Å². The third-order valence-corrected chi connectivity index (χ3v) is 5.09. The lowest BCUT2D eigenvalue weighted by Crippen LogP contribution is -2.39. The van der Waals surface area contributed by atoms with Crippen LogP contribution < -0.4 is 0 Å². The maximum absolute atomic E-state index is 13.0. The first-order valence-electron chi connectivity index (χ1n) is 8.73. The highest BCUT2D eigenvalue weighted by atomic mass is 16.3. The van der Waals surface area contributed by atoms with Crippen molar-refractivity contribution >= 4 is 11.8 Å². The number of nitrogens with zero attached hydrogens (tertiary/aromatic N) is 4. The van der Waals surface area contributed by atoms with E-state index in [1.165, 1.54) is 0 Å². The predicted molar refractivity (Wildman–Crippen MR) is 89.7 cm³/mol. The van der Waals surface area contributed by atoms with Gasteiger partial charge in [0.25, 0.3) is 5.91 Å². The van der Waals surface area contributed by atoms with Gasteiger partial charge in [0.15, 0.2) is 0 Å². The van der Waals surface area contributed by atoms with E-state index in [4.69, 9.17) is 4.42 Å². The number of rotatable bonds is 3. The first-order valence-corrected chi connectivity index (χ1v) is 8.73. The van der Waals surface area contributed by atoms with Crippen molar-refractivity contribution in [3.05, 3.63) is 41.9 Å². The quantitative estimate of drug-likeness (QED) is 0.851. The predicted octanol–water partition coefficient (Wildman–Crippen LogP) is 1.68. The number of furan rings is 1. The summed E-state index contributed by atoms with van der Waals surface area (Å²) in [5, 5.41) is 0. The summed E-state index contributed by atoms with van der Waals surface area (Å²) in [5.41, 5.74) is 0.594. The van der Waals surface area contributed by atoms with E-state index in [0.29, 0.717) is 37.4 Å². The van der Waals surface area contributed by atoms with Crippen LogP contribution in [0.2, 0.25) is 0 Å². The molecular formula is C18H22N4O3. The van der Waals surface area contributed by atoms with E-state index in [-0.39, 0.29) is 17.7 Å². The Morgan fingerprint density at radius 3 is 3.00 bits per heavy atom. The first-order chi connectivity index (χ1) is 12.1. The van der Waals surface area contributed by atoms with Crippen LogP contribution in [0.25, 0.3) is 0 Å². The van der Waals surface area contributed by atoms with E-state index in [2.05, 4.69) is 9.55 Å². The number of hydrogen-bond donors (Lipinski definition) is 0. The molecule has 0 spiro atoms. The Morgan fingerprint density at radius 1 is 1.40 bits per heavy atom. The van der Waals surface area contributed by atoms with Crippen molar-refractivity contribution in [2.75, 3.05) is 19.6 Å². The zero-order chi connectivity index (χ0) is 17.4. The third kappa shape index (κ3) is 3.06. The maximum Gasteiger partial charge on any atom is 0.257 e.